The van der Waals surface area contributed by atoms with Crippen molar-refractivity contribution in [2.45, 2.75) is 19.3 Å². The Labute approximate surface area is 95.3 Å². The van der Waals surface area contributed by atoms with Crippen LogP contribution in [0.15, 0.2) is 35.1 Å². The van der Waals surface area contributed by atoms with Gasteiger partial charge < -0.3 is 10.6 Å². The minimum atomic E-state index is -0.311. The van der Waals surface area contributed by atoms with Crippen molar-refractivity contribution < 1.29 is 4.79 Å². The number of carbonyl (C=O) groups is 1. The lowest BCUT2D eigenvalue weighted by molar-refractivity contribution is -0.114. The second kappa shape index (κ2) is 3.51. The third kappa shape index (κ3) is 1.39. The standard InChI is InChI=1S/C13H16N2O/c14-13(16)10-3-4-11-9(8-10)5-7-15-6-1-2-12(11)15/h3-4,8-9H,1-2,5-7H2,(H2,14,16). The van der Waals surface area contributed by atoms with Crippen LogP contribution in [0.25, 0.3) is 0 Å². The molecule has 0 aromatic rings. The molecule has 0 bridgehead atoms. The molecule has 2 aliphatic heterocycles. The zero-order chi connectivity index (χ0) is 11.1. The Kier molecular flexibility index (Phi) is 2.13. The first kappa shape index (κ1) is 9.70. The van der Waals surface area contributed by atoms with Crippen LogP contribution in [-0.2, 0) is 4.79 Å². The number of carbonyl (C=O) groups excluding carboxylic acids is 1. The van der Waals surface area contributed by atoms with E-state index in [2.05, 4.69) is 11.0 Å². The number of primary amides is 1. The Balaban J connectivity index is 1.98. The number of allylic oxidation sites excluding steroid dienone is 4. The Hall–Kier alpha value is -1.51. The number of amides is 1. The van der Waals surface area contributed by atoms with E-state index in [0.29, 0.717) is 11.5 Å². The monoisotopic (exact) mass is 216 g/mol. The molecule has 1 unspecified atom stereocenters. The molecular formula is C13H16N2O. The van der Waals surface area contributed by atoms with Crippen LogP contribution >= 0.6 is 0 Å². The Morgan fingerprint density at radius 2 is 2.25 bits per heavy atom. The highest BCUT2D eigenvalue weighted by Gasteiger charge is 2.30. The summed E-state index contributed by atoms with van der Waals surface area (Å²) < 4.78 is 0. The number of nitrogens with zero attached hydrogens (tertiary/aromatic N) is 1. The molecule has 3 rings (SSSR count). The topological polar surface area (TPSA) is 46.3 Å². The van der Waals surface area contributed by atoms with Gasteiger partial charge in [0.1, 0.15) is 0 Å². The maximum atomic E-state index is 11.1. The first-order chi connectivity index (χ1) is 7.75. The van der Waals surface area contributed by atoms with Crippen LogP contribution in [0.3, 0.4) is 0 Å². The molecule has 0 aromatic carbocycles. The molecule has 3 heteroatoms. The molecule has 16 heavy (non-hydrogen) atoms. The fraction of sp³-hybridized carbons (Fsp3) is 0.462. The molecule has 84 valence electrons. The summed E-state index contributed by atoms with van der Waals surface area (Å²) in [5.41, 5.74) is 8.88. The van der Waals surface area contributed by atoms with Gasteiger partial charge in [-0.05, 0) is 30.9 Å². The van der Waals surface area contributed by atoms with E-state index >= 15 is 0 Å². The number of hydrogen-bond acceptors (Lipinski definition) is 2. The van der Waals surface area contributed by atoms with Gasteiger partial charge in [0.05, 0.1) is 0 Å². The van der Waals surface area contributed by atoms with Crippen LogP contribution < -0.4 is 5.73 Å². The van der Waals surface area contributed by atoms with Gasteiger partial charge in [-0.3, -0.25) is 4.79 Å². The van der Waals surface area contributed by atoms with E-state index in [1.807, 2.05) is 12.2 Å². The largest absolute Gasteiger partial charge is 0.375 e. The van der Waals surface area contributed by atoms with Crippen LogP contribution in [0.2, 0.25) is 0 Å². The molecule has 0 saturated carbocycles. The normalized spacial score (nSPS) is 27.6. The van der Waals surface area contributed by atoms with Crippen LogP contribution in [0.5, 0.6) is 0 Å². The summed E-state index contributed by atoms with van der Waals surface area (Å²) in [6, 6.07) is 0. The molecule has 2 heterocycles. The smallest absolute Gasteiger partial charge is 0.248 e. The summed E-state index contributed by atoms with van der Waals surface area (Å²) in [6.45, 7) is 2.33. The fourth-order valence-electron chi connectivity index (χ4n) is 2.98. The van der Waals surface area contributed by atoms with Gasteiger partial charge in [-0.1, -0.05) is 12.2 Å². The summed E-state index contributed by atoms with van der Waals surface area (Å²) in [5.74, 6) is 0.103. The van der Waals surface area contributed by atoms with Crippen LogP contribution in [0.4, 0.5) is 0 Å². The third-order valence-electron chi connectivity index (χ3n) is 3.77. The van der Waals surface area contributed by atoms with E-state index in [-0.39, 0.29) is 5.91 Å². The maximum Gasteiger partial charge on any atom is 0.248 e. The molecule has 1 fully saturated rings. The Morgan fingerprint density at radius 1 is 1.38 bits per heavy atom. The molecule has 0 radical (unpaired) electrons. The predicted molar refractivity (Wildman–Crippen MR) is 62.4 cm³/mol. The van der Waals surface area contributed by atoms with Crippen molar-refractivity contribution in [3.63, 3.8) is 0 Å². The lowest BCUT2D eigenvalue weighted by Crippen LogP contribution is -2.29. The second-order valence-electron chi connectivity index (χ2n) is 4.71. The van der Waals surface area contributed by atoms with Crippen LogP contribution in [0.1, 0.15) is 19.3 Å². The second-order valence-corrected chi connectivity index (χ2v) is 4.71. The SMILES string of the molecule is NC(=O)C1=CC2CCN3CCCC3=C2C=C1. The highest BCUT2D eigenvalue weighted by Crippen LogP contribution is 2.38. The molecule has 1 atom stereocenters. The van der Waals surface area contributed by atoms with Crippen LogP contribution in [-0.4, -0.2) is 23.9 Å². The summed E-state index contributed by atoms with van der Waals surface area (Å²) in [7, 11) is 0. The van der Waals surface area contributed by atoms with E-state index in [4.69, 9.17) is 5.73 Å². The average molecular weight is 216 g/mol. The van der Waals surface area contributed by atoms with Gasteiger partial charge in [-0.2, -0.15) is 0 Å². The van der Waals surface area contributed by atoms with Crippen LogP contribution in [0, 0.1) is 5.92 Å². The van der Waals surface area contributed by atoms with Gasteiger partial charge in [0.2, 0.25) is 5.91 Å². The minimum Gasteiger partial charge on any atom is -0.375 e. The molecule has 1 saturated heterocycles. The van der Waals surface area contributed by atoms with E-state index in [1.54, 1.807) is 0 Å². The zero-order valence-electron chi connectivity index (χ0n) is 9.28. The van der Waals surface area contributed by atoms with Crippen molar-refractivity contribution in [1.29, 1.82) is 0 Å². The number of rotatable bonds is 1. The van der Waals surface area contributed by atoms with Crippen molar-refractivity contribution in [3.05, 3.63) is 35.1 Å². The van der Waals surface area contributed by atoms with Crippen molar-refractivity contribution in [2.24, 2.45) is 11.7 Å². The van der Waals surface area contributed by atoms with E-state index in [1.165, 1.54) is 30.7 Å². The van der Waals surface area contributed by atoms with E-state index in [9.17, 15) is 4.79 Å². The number of fused-ring (bicyclic) bond motifs is 2. The van der Waals surface area contributed by atoms with E-state index < -0.39 is 0 Å². The van der Waals surface area contributed by atoms with Crippen molar-refractivity contribution >= 4 is 5.91 Å². The number of nitrogens with two attached hydrogens (primary N) is 1. The molecular weight excluding hydrogens is 200 g/mol. The molecule has 3 aliphatic rings. The lowest BCUT2D eigenvalue weighted by Gasteiger charge is -2.33. The van der Waals surface area contributed by atoms with Crippen molar-refractivity contribution in [2.75, 3.05) is 13.1 Å². The highest BCUT2D eigenvalue weighted by atomic mass is 16.1. The van der Waals surface area contributed by atoms with Gasteiger partial charge in [-0.25, -0.2) is 0 Å². The zero-order valence-corrected chi connectivity index (χ0v) is 9.28. The quantitative estimate of drug-likeness (QED) is 0.719. The molecule has 0 aromatic heterocycles. The lowest BCUT2D eigenvalue weighted by atomic mass is 9.84. The molecule has 2 N–H and O–H groups in total. The first-order valence-corrected chi connectivity index (χ1v) is 5.93. The van der Waals surface area contributed by atoms with Gasteiger partial charge in [0.25, 0.3) is 0 Å². The maximum absolute atomic E-state index is 11.1. The van der Waals surface area contributed by atoms with Gasteiger partial charge in [0, 0.05) is 30.3 Å². The minimum absolute atomic E-state index is 0.311. The Morgan fingerprint density at radius 3 is 3.06 bits per heavy atom. The average Bonchev–Trinajstić information content (AvgIpc) is 2.76. The van der Waals surface area contributed by atoms with Crippen molar-refractivity contribution in [3.8, 4) is 0 Å². The van der Waals surface area contributed by atoms with Gasteiger partial charge in [0.15, 0.2) is 0 Å². The molecule has 1 amide bonds. The van der Waals surface area contributed by atoms with Gasteiger partial charge >= 0.3 is 0 Å². The molecule has 0 spiro atoms. The summed E-state index contributed by atoms with van der Waals surface area (Å²) in [6.07, 6.45) is 9.57. The summed E-state index contributed by atoms with van der Waals surface area (Å²) >= 11 is 0. The van der Waals surface area contributed by atoms with Crippen molar-refractivity contribution in [1.82, 2.24) is 4.90 Å². The summed E-state index contributed by atoms with van der Waals surface area (Å²) in [4.78, 5) is 13.6. The van der Waals surface area contributed by atoms with Gasteiger partial charge in [-0.15, -0.1) is 0 Å². The Bertz CT molecular complexity index is 431. The first-order valence-electron chi connectivity index (χ1n) is 5.93. The third-order valence-corrected chi connectivity index (χ3v) is 3.77. The molecule has 3 nitrogen and oxygen atoms in total. The summed E-state index contributed by atoms with van der Waals surface area (Å²) in [5, 5.41) is 0. The molecule has 1 aliphatic carbocycles. The fourth-order valence-corrected chi connectivity index (χ4v) is 2.98. The van der Waals surface area contributed by atoms with E-state index in [0.717, 1.165) is 13.0 Å². The number of hydrogen-bond donors (Lipinski definition) is 1. The highest BCUT2D eigenvalue weighted by molar-refractivity contribution is 5.95. The predicted octanol–water partition coefficient (Wildman–Crippen LogP) is 1.34.